The maximum atomic E-state index is 13.3. The SMILES string of the molecule is CCCc1nn(C)c2c(=O)[nH]c(-c3cc(S(=O)(=O)N(CCO)CCCO)ccc3OCC)cc12. The summed E-state index contributed by atoms with van der Waals surface area (Å²) in [5.41, 5.74) is 1.77. The number of sulfonamides is 1. The first-order valence-electron chi connectivity index (χ1n) is 11.4. The van der Waals surface area contributed by atoms with Crippen LogP contribution in [0.3, 0.4) is 0 Å². The van der Waals surface area contributed by atoms with Gasteiger partial charge in [0.1, 0.15) is 11.3 Å². The van der Waals surface area contributed by atoms with Crippen molar-refractivity contribution in [2.24, 2.45) is 7.05 Å². The Hall–Kier alpha value is -2.73. The van der Waals surface area contributed by atoms with Gasteiger partial charge in [0.25, 0.3) is 5.56 Å². The Balaban J connectivity index is 2.20. The van der Waals surface area contributed by atoms with Crippen molar-refractivity contribution in [2.75, 3.05) is 32.9 Å². The number of pyridine rings is 1. The lowest BCUT2D eigenvalue weighted by atomic mass is 10.1. The summed E-state index contributed by atoms with van der Waals surface area (Å²) in [6.07, 6.45) is 1.81. The molecule has 0 unspecified atom stereocenters. The highest BCUT2D eigenvalue weighted by Gasteiger charge is 2.26. The second-order valence-corrected chi connectivity index (χ2v) is 9.83. The third-order valence-corrected chi connectivity index (χ3v) is 7.39. The number of nitrogens with zero attached hydrogens (tertiary/aromatic N) is 3. The Morgan fingerprint density at radius 2 is 1.91 bits per heavy atom. The van der Waals surface area contributed by atoms with Crippen molar-refractivity contribution in [3.05, 3.63) is 40.3 Å². The normalized spacial score (nSPS) is 12.1. The molecule has 3 rings (SSSR count). The van der Waals surface area contributed by atoms with Crippen LogP contribution in [0.2, 0.25) is 0 Å². The number of nitrogens with one attached hydrogen (secondary N) is 1. The summed E-state index contributed by atoms with van der Waals surface area (Å²) in [6.45, 7) is 3.67. The average Bonchev–Trinajstić information content (AvgIpc) is 3.12. The highest BCUT2D eigenvalue weighted by atomic mass is 32.2. The minimum absolute atomic E-state index is 0.00161. The van der Waals surface area contributed by atoms with E-state index in [1.165, 1.54) is 12.1 Å². The van der Waals surface area contributed by atoms with Gasteiger partial charge in [-0.05, 0) is 44.0 Å². The van der Waals surface area contributed by atoms with Gasteiger partial charge in [-0.1, -0.05) is 13.3 Å². The number of aryl methyl sites for hydroxylation is 2. The molecule has 0 amide bonds. The monoisotopic (exact) mass is 492 g/mol. The molecule has 0 aliphatic rings. The molecule has 3 N–H and O–H groups in total. The minimum atomic E-state index is -3.96. The summed E-state index contributed by atoms with van der Waals surface area (Å²) in [7, 11) is -2.25. The van der Waals surface area contributed by atoms with E-state index in [2.05, 4.69) is 10.1 Å². The number of H-pyrrole nitrogens is 1. The van der Waals surface area contributed by atoms with Gasteiger partial charge in [-0.2, -0.15) is 9.40 Å². The molecule has 0 atom stereocenters. The minimum Gasteiger partial charge on any atom is -0.493 e. The standard InChI is InChI=1S/C23H32N4O6S/c1-4-7-19-18-15-20(24-23(30)22(18)26(3)25-19)17-14-16(8-9-21(17)33-5-2)34(31,32)27(11-13-29)10-6-12-28/h8-9,14-15,28-29H,4-7,10-13H2,1-3H3,(H,24,30). The Bertz CT molecular complexity index is 1300. The van der Waals surface area contributed by atoms with E-state index in [0.717, 1.165) is 16.4 Å². The highest BCUT2D eigenvalue weighted by Crippen LogP contribution is 2.33. The first-order valence-corrected chi connectivity index (χ1v) is 12.8. The van der Waals surface area contributed by atoms with E-state index in [9.17, 15) is 18.3 Å². The molecule has 0 saturated heterocycles. The fraction of sp³-hybridized carbons (Fsp3) is 0.478. The molecule has 0 saturated carbocycles. The van der Waals surface area contributed by atoms with Crippen LogP contribution in [0.25, 0.3) is 22.2 Å². The summed E-state index contributed by atoms with van der Waals surface area (Å²) in [4.78, 5) is 15.8. The fourth-order valence-corrected chi connectivity index (χ4v) is 5.46. The molecular weight excluding hydrogens is 460 g/mol. The molecular formula is C23H32N4O6S. The number of aromatic nitrogens is 3. The van der Waals surface area contributed by atoms with Crippen molar-refractivity contribution in [3.63, 3.8) is 0 Å². The van der Waals surface area contributed by atoms with Gasteiger partial charge >= 0.3 is 0 Å². The number of rotatable bonds is 12. The van der Waals surface area contributed by atoms with Crippen LogP contribution in [0, 0.1) is 0 Å². The molecule has 3 aromatic rings. The summed E-state index contributed by atoms with van der Waals surface area (Å²) in [5, 5.41) is 23.7. The lowest BCUT2D eigenvalue weighted by molar-refractivity contribution is 0.234. The molecule has 10 nitrogen and oxygen atoms in total. The van der Waals surface area contributed by atoms with Gasteiger partial charge in [-0.3, -0.25) is 9.48 Å². The number of fused-ring (bicyclic) bond motifs is 1. The summed E-state index contributed by atoms with van der Waals surface area (Å²) in [5.74, 6) is 0.432. The molecule has 0 bridgehead atoms. The third kappa shape index (κ3) is 5.17. The van der Waals surface area contributed by atoms with Crippen LogP contribution in [0.1, 0.15) is 32.4 Å². The molecule has 0 spiro atoms. The molecule has 34 heavy (non-hydrogen) atoms. The Labute approximate surface area is 198 Å². The van der Waals surface area contributed by atoms with Crippen molar-refractivity contribution in [1.29, 1.82) is 0 Å². The number of aliphatic hydroxyl groups is 2. The smallest absolute Gasteiger partial charge is 0.274 e. The van der Waals surface area contributed by atoms with Gasteiger partial charge < -0.3 is 19.9 Å². The van der Waals surface area contributed by atoms with Crippen LogP contribution >= 0.6 is 0 Å². The second kappa shape index (κ2) is 11.1. The van der Waals surface area contributed by atoms with Gasteiger partial charge in [0, 0.05) is 37.7 Å². The first kappa shape index (κ1) is 25.9. The summed E-state index contributed by atoms with van der Waals surface area (Å²) >= 11 is 0. The van der Waals surface area contributed by atoms with Gasteiger partial charge in [-0.25, -0.2) is 8.42 Å². The number of ether oxygens (including phenoxy) is 1. The largest absolute Gasteiger partial charge is 0.493 e. The molecule has 1 aromatic carbocycles. The van der Waals surface area contributed by atoms with Crippen molar-refractivity contribution in [2.45, 2.75) is 38.0 Å². The number of hydrogen-bond donors (Lipinski definition) is 3. The van der Waals surface area contributed by atoms with Crippen molar-refractivity contribution in [1.82, 2.24) is 19.1 Å². The van der Waals surface area contributed by atoms with E-state index >= 15 is 0 Å². The number of benzene rings is 1. The molecule has 11 heteroatoms. The number of hydrogen-bond acceptors (Lipinski definition) is 7. The molecule has 2 aromatic heterocycles. The molecule has 0 fully saturated rings. The zero-order valence-electron chi connectivity index (χ0n) is 19.7. The van der Waals surface area contributed by atoms with E-state index in [-0.39, 0.29) is 43.2 Å². The van der Waals surface area contributed by atoms with Gasteiger partial charge in [0.2, 0.25) is 10.0 Å². The molecule has 0 radical (unpaired) electrons. The molecule has 186 valence electrons. The van der Waals surface area contributed by atoms with E-state index in [1.807, 2.05) is 13.8 Å². The van der Waals surface area contributed by atoms with Crippen LogP contribution in [0.4, 0.5) is 0 Å². The van der Waals surface area contributed by atoms with Crippen LogP contribution < -0.4 is 10.3 Å². The van der Waals surface area contributed by atoms with Gasteiger partial charge in [-0.15, -0.1) is 0 Å². The van der Waals surface area contributed by atoms with Crippen LogP contribution in [0.5, 0.6) is 5.75 Å². The number of aliphatic hydroxyl groups excluding tert-OH is 2. The third-order valence-electron chi connectivity index (χ3n) is 5.49. The van der Waals surface area contributed by atoms with Crippen LogP contribution in [-0.4, -0.2) is 70.6 Å². The summed E-state index contributed by atoms with van der Waals surface area (Å²) in [6, 6.07) is 6.28. The van der Waals surface area contributed by atoms with Crippen LogP contribution in [0.15, 0.2) is 34.0 Å². The maximum Gasteiger partial charge on any atom is 0.274 e. The van der Waals surface area contributed by atoms with Crippen molar-refractivity contribution >= 4 is 20.9 Å². The molecule has 0 aliphatic heterocycles. The Kier molecular flexibility index (Phi) is 8.47. The lowest BCUT2D eigenvalue weighted by Gasteiger charge is -2.22. The highest BCUT2D eigenvalue weighted by molar-refractivity contribution is 7.89. The predicted octanol–water partition coefficient (Wildman–Crippen LogP) is 1.65. The predicted molar refractivity (Wildman–Crippen MR) is 129 cm³/mol. The quantitative estimate of drug-likeness (QED) is 0.349. The lowest BCUT2D eigenvalue weighted by Crippen LogP contribution is -2.34. The molecule has 0 aliphatic carbocycles. The molecule has 2 heterocycles. The first-order chi connectivity index (χ1) is 16.3. The second-order valence-electron chi connectivity index (χ2n) is 7.89. The van der Waals surface area contributed by atoms with E-state index in [0.29, 0.717) is 40.9 Å². The van der Waals surface area contributed by atoms with E-state index in [1.54, 1.807) is 23.9 Å². The zero-order valence-corrected chi connectivity index (χ0v) is 20.6. The fourth-order valence-electron chi connectivity index (χ4n) is 3.97. The average molecular weight is 493 g/mol. The Morgan fingerprint density at radius 3 is 2.56 bits per heavy atom. The number of aromatic amines is 1. The van der Waals surface area contributed by atoms with E-state index in [4.69, 9.17) is 9.84 Å². The van der Waals surface area contributed by atoms with Crippen molar-refractivity contribution in [3.8, 4) is 17.0 Å². The van der Waals surface area contributed by atoms with Crippen LogP contribution in [-0.2, 0) is 23.5 Å². The maximum absolute atomic E-state index is 13.3. The van der Waals surface area contributed by atoms with Gasteiger partial charge in [0.05, 0.1) is 29.5 Å². The zero-order chi connectivity index (χ0) is 24.9. The summed E-state index contributed by atoms with van der Waals surface area (Å²) < 4.78 is 35.1. The van der Waals surface area contributed by atoms with Crippen molar-refractivity contribution < 1.29 is 23.4 Å². The van der Waals surface area contributed by atoms with Gasteiger partial charge in [0.15, 0.2) is 0 Å². The Morgan fingerprint density at radius 1 is 1.15 bits per heavy atom. The topological polar surface area (TPSA) is 138 Å². The van der Waals surface area contributed by atoms with E-state index < -0.39 is 10.0 Å².